The van der Waals surface area contributed by atoms with Gasteiger partial charge in [-0.05, 0) is 30.3 Å². The average molecular weight is 229 g/mol. The van der Waals surface area contributed by atoms with Crippen LogP contribution in [0.5, 0.6) is 0 Å². The van der Waals surface area contributed by atoms with Gasteiger partial charge in [-0.15, -0.1) is 0 Å². The summed E-state index contributed by atoms with van der Waals surface area (Å²) in [6.45, 7) is 1.05. The lowest BCUT2D eigenvalue weighted by Gasteiger charge is -2.21. The Balaban J connectivity index is 1.76. The van der Waals surface area contributed by atoms with E-state index in [1.807, 2.05) is 0 Å². The van der Waals surface area contributed by atoms with Crippen LogP contribution in [-0.4, -0.2) is 23.0 Å². The normalized spacial score (nSPS) is 18.3. The van der Waals surface area contributed by atoms with Crippen LogP contribution in [-0.2, 0) is 0 Å². The van der Waals surface area contributed by atoms with Gasteiger partial charge in [-0.25, -0.2) is 4.98 Å². The second-order valence-electron chi connectivity index (χ2n) is 3.50. The molecule has 0 radical (unpaired) electrons. The highest BCUT2D eigenvalue weighted by Crippen LogP contribution is 2.24. The van der Waals surface area contributed by atoms with E-state index in [9.17, 15) is 0 Å². The van der Waals surface area contributed by atoms with Crippen molar-refractivity contribution >= 4 is 33.2 Å². The Kier molecular flexibility index (Phi) is 3.53. The minimum atomic E-state index is 0.784. The molecule has 0 amide bonds. The second kappa shape index (κ2) is 4.89. The van der Waals surface area contributed by atoms with Crippen molar-refractivity contribution in [3.8, 4) is 0 Å². The number of rotatable bonds is 3. The van der Waals surface area contributed by atoms with Crippen molar-refractivity contribution in [2.45, 2.75) is 12.8 Å². The van der Waals surface area contributed by atoms with E-state index in [4.69, 9.17) is 5.73 Å². The van der Waals surface area contributed by atoms with Crippen molar-refractivity contribution in [3.05, 3.63) is 6.20 Å². The number of thiazole rings is 1. The molecule has 1 fully saturated rings. The lowest BCUT2D eigenvalue weighted by atomic mass is 10.0. The zero-order valence-electron chi connectivity index (χ0n) is 8.03. The summed E-state index contributed by atoms with van der Waals surface area (Å²) in [6, 6.07) is 0. The van der Waals surface area contributed by atoms with Gasteiger partial charge in [0.1, 0.15) is 5.00 Å². The van der Waals surface area contributed by atoms with Crippen molar-refractivity contribution < 1.29 is 0 Å². The van der Waals surface area contributed by atoms with Gasteiger partial charge in [0, 0.05) is 6.54 Å². The predicted octanol–water partition coefficient (Wildman–Crippen LogP) is 2.28. The fourth-order valence-electron chi connectivity index (χ4n) is 1.55. The van der Waals surface area contributed by atoms with Gasteiger partial charge in [-0.2, -0.15) is 11.8 Å². The van der Waals surface area contributed by atoms with Crippen LogP contribution in [0.15, 0.2) is 6.20 Å². The first-order chi connectivity index (χ1) is 6.84. The van der Waals surface area contributed by atoms with Crippen LogP contribution >= 0.6 is 23.1 Å². The zero-order valence-corrected chi connectivity index (χ0v) is 9.66. The largest absolute Gasteiger partial charge is 0.389 e. The van der Waals surface area contributed by atoms with Gasteiger partial charge in [0.05, 0.1) is 6.20 Å². The summed E-state index contributed by atoms with van der Waals surface area (Å²) < 4.78 is 0. The lowest BCUT2D eigenvalue weighted by Crippen LogP contribution is -2.18. The number of aromatic nitrogens is 1. The van der Waals surface area contributed by atoms with E-state index in [0.717, 1.165) is 22.6 Å². The van der Waals surface area contributed by atoms with E-state index >= 15 is 0 Å². The molecule has 0 bridgehead atoms. The third-order valence-corrected chi connectivity index (χ3v) is 4.24. The van der Waals surface area contributed by atoms with Crippen LogP contribution in [0.4, 0.5) is 10.1 Å². The highest BCUT2D eigenvalue weighted by Gasteiger charge is 2.13. The number of hydrogen-bond acceptors (Lipinski definition) is 5. The van der Waals surface area contributed by atoms with Gasteiger partial charge < -0.3 is 11.1 Å². The Labute approximate surface area is 92.5 Å². The Hall–Kier alpha value is -0.420. The van der Waals surface area contributed by atoms with Crippen LogP contribution in [0, 0.1) is 5.92 Å². The Morgan fingerprint density at radius 2 is 2.29 bits per heavy atom. The number of anilines is 2. The maximum atomic E-state index is 5.60. The van der Waals surface area contributed by atoms with Gasteiger partial charge in [-0.3, -0.25) is 0 Å². The maximum absolute atomic E-state index is 5.60. The molecule has 1 aliphatic rings. The molecule has 0 atom stereocenters. The molecule has 1 saturated heterocycles. The minimum Gasteiger partial charge on any atom is -0.389 e. The quantitative estimate of drug-likeness (QED) is 0.835. The average Bonchev–Trinajstić information content (AvgIpc) is 2.63. The SMILES string of the molecule is Nc1cnc(NCC2CCSCC2)s1. The van der Waals surface area contributed by atoms with Crippen LogP contribution in [0.3, 0.4) is 0 Å². The summed E-state index contributed by atoms with van der Waals surface area (Å²) in [5, 5.41) is 5.10. The van der Waals surface area contributed by atoms with Gasteiger partial charge in [0.15, 0.2) is 5.13 Å². The molecule has 78 valence electrons. The molecular formula is C9H15N3S2. The zero-order chi connectivity index (χ0) is 9.80. The van der Waals surface area contributed by atoms with Gasteiger partial charge in [0.25, 0.3) is 0 Å². The Morgan fingerprint density at radius 1 is 1.50 bits per heavy atom. The van der Waals surface area contributed by atoms with Crippen molar-refractivity contribution in [1.82, 2.24) is 4.98 Å². The van der Waals surface area contributed by atoms with E-state index in [-0.39, 0.29) is 0 Å². The molecule has 3 N–H and O–H groups in total. The number of thioether (sulfide) groups is 1. The Morgan fingerprint density at radius 3 is 2.93 bits per heavy atom. The molecule has 1 aliphatic heterocycles. The molecule has 2 rings (SSSR count). The van der Waals surface area contributed by atoms with Gasteiger partial charge >= 0.3 is 0 Å². The molecule has 5 heteroatoms. The van der Waals surface area contributed by atoms with Crippen LogP contribution in [0.25, 0.3) is 0 Å². The number of nitrogen functional groups attached to an aromatic ring is 1. The van der Waals surface area contributed by atoms with Gasteiger partial charge in [-0.1, -0.05) is 11.3 Å². The fraction of sp³-hybridized carbons (Fsp3) is 0.667. The van der Waals surface area contributed by atoms with Crippen molar-refractivity contribution in [1.29, 1.82) is 0 Å². The number of nitrogens with one attached hydrogen (secondary N) is 1. The summed E-state index contributed by atoms with van der Waals surface area (Å²) in [6.07, 6.45) is 4.38. The molecule has 1 aromatic heterocycles. The van der Waals surface area contributed by atoms with E-state index in [2.05, 4.69) is 22.1 Å². The highest BCUT2D eigenvalue weighted by atomic mass is 32.2. The standard InChI is InChI=1S/C9H15N3S2/c10-8-6-12-9(14-8)11-5-7-1-3-13-4-2-7/h6-7H,1-5,10H2,(H,11,12). The van der Waals surface area contributed by atoms with Crippen LogP contribution in [0.2, 0.25) is 0 Å². The van der Waals surface area contributed by atoms with Gasteiger partial charge in [0.2, 0.25) is 0 Å². The second-order valence-corrected chi connectivity index (χ2v) is 5.79. The lowest BCUT2D eigenvalue weighted by molar-refractivity contribution is 0.516. The van der Waals surface area contributed by atoms with E-state index < -0.39 is 0 Å². The van der Waals surface area contributed by atoms with E-state index in [1.54, 1.807) is 6.20 Å². The predicted molar refractivity (Wildman–Crippen MR) is 65.1 cm³/mol. The topological polar surface area (TPSA) is 50.9 Å². The third-order valence-electron chi connectivity index (χ3n) is 2.41. The summed E-state index contributed by atoms with van der Waals surface area (Å²) in [4.78, 5) is 4.18. The van der Waals surface area contributed by atoms with E-state index in [0.29, 0.717) is 0 Å². The molecule has 3 nitrogen and oxygen atoms in total. The summed E-state index contributed by atoms with van der Waals surface area (Å²) in [7, 11) is 0. The fourth-order valence-corrected chi connectivity index (χ4v) is 3.34. The summed E-state index contributed by atoms with van der Waals surface area (Å²) in [5.74, 6) is 3.44. The molecule has 0 saturated carbocycles. The molecule has 0 unspecified atom stereocenters. The van der Waals surface area contributed by atoms with Crippen LogP contribution < -0.4 is 11.1 Å². The first-order valence-corrected chi connectivity index (χ1v) is 6.84. The maximum Gasteiger partial charge on any atom is 0.184 e. The molecule has 0 aliphatic carbocycles. The molecule has 2 heterocycles. The summed E-state index contributed by atoms with van der Waals surface area (Å²) in [5.41, 5.74) is 5.60. The third kappa shape index (κ3) is 2.78. The first kappa shape index (κ1) is 10.1. The molecule has 14 heavy (non-hydrogen) atoms. The smallest absolute Gasteiger partial charge is 0.184 e. The molecule has 1 aromatic rings. The van der Waals surface area contributed by atoms with Crippen molar-refractivity contribution in [2.24, 2.45) is 5.92 Å². The number of hydrogen-bond donors (Lipinski definition) is 2. The molecular weight excluding hydrogens is 214 g/mol. The van der Waals surface area contributed by atoms with Crippen LogP contribution in [0.1, 0.15) is 12.8 Å². The monoisotopic (exact) mass is 229 g/mol. The van der Waals surface area contributed by atoms with E-state index in [1.165, 1.54) is 35.7 Å². The Bertz CT molecular complexity index is 281. The number of nitrogens with two attached hydrogens (primary N) is 1. The summed E-state index contributed by atoms with van der Waals surface area (Å²) >= 11 is 3.59. The first-order valence-electron chi connectivity index (χ1n) is 4.87. The number of nitrogens with zero attached hydrogens (tertiary/aromatic N) is 1. The van der Waals surface area contributed by atoms with Crippen molar-refractivity contribution in [2.75, 3.05) is 29.1 Å². The highest BCUT2D eigenvalue weighted by molar-refractivity contribution is 7.99. The molecule has 0 spiro atoms. The van der Waals surface area contributed by atoms with Crippen molar-refractivity contribution in [3.63, 3.8) is 0 Å². The minimum absolute atomic E-state index is 0.784. The molecule has 0 aromatic carbocycles.